The number of hydrogen-bond donors (Lipinski definition) is 3. The predicted molar refractivity (Wildman–Crippen MR) is 79.6 cm³/mol. The number of carbonyl (C=O) groups excluding carboxylic acids is 1. The number of amides is 1. The number of anilines is 2. The standard InChI is InChI=1S/C15H11N5O/c16-8-9-1-3-10(4-2-9)14(21)20-15-18-12-6-5-11(17)7-13(12)19-15/h1-7H,17H2,(H2,18,19,20,21). The number of imidazole rings is 1. The van der Waals surface area contributed by atoms with E-state index in [0.717, 1.165) is 11.0 Å². The molecule has 3 rings (SSSR count). The molecule has 4 N–H and O–H groups in total. The van der Waals surface area contributed by atoms with Gasteiger partial charge in [0.25, 0.3) is 5.91 Å². The summed E-state index contributed by atoms with van der Waals surface area (Å²) in [6.07, 6.45) is 0. The van der Waals surface area contributed by atoms with Crippen LogP contribution in [0.4, 0.5) is 11.6 Å². The molecule has 0 fully saturated rings. The van der Waals surface area contributed by atoms with Crippen LogP contribution in [0.3, 0.4) is 0 Å². The highest BCUT2D eigenvalue weighted by molar-refractivity contribution is 6.04. The lowest BCUT2D eigenvalue weighted by Crippen LogP contribution is -2.12. The zero-order chi connectivity index (χ0) is 14.8. The first-order chi connectivity index (χ1) is 10.2. The molecule has 0 aliphatic rings. The molecule has 0 saturated carbocycles. The summed E-state index contributed by atoms with van der Waals surface area (Å²) in [6, 6.07) is 13.6. The maximum atomic E-state index is 12.1. The van der Waals surface area contributed by atoms with Crippen molar-refractivity contribution in [1.29, 1.82) is 5.26 Å². The lowest BCUT2D eigenvalue weighted by molar-refractivity contribution is 0.102. The molecule has 3 aromatic rings. The minimum absolute atomic E-state index is 0.300. The van der Waals surface area contributed by atoms with Gasteiger partial charge in [0.1, 0.15) is 0 Å². The normalized spacial score (nSPS) is 10.2. The molecule has 6 heteroatoms. The molecular formula is C15H11N5O. The maximum absolute atomic E-state index is 12.1. The first kappa shape index (κ1) is 12.7. The van der Waals surface area contributed by atoms with E-state index in [-0.39, 0.29) is 5.91 Å². The molecule has 2 aromatic carbocycles. The lowest BCUT2D eigenvalue weighted by atomic mass is 10.1. The van der Waals surface area contributed by atoms with Gasteiger partial charge in [0.15, 0.2) is 0 Å². The number of nitrogens with one attached hydrogen (secondary N) is 2. The van der Waals surface area contributed by atoms with Crippen LogP contribution >= 0.6 is 0 Å². The number of aromatic amines is 1. The van der Waals surface area contributed by atoms with E-state index in [0.29, 0.717) is 22.8 Å². The van der Waals surface area contributed by atoms with Crippen LogP contribution in [0.15, 0.2) is 42.5 Å². The number of fused-ring (bicyclic) bond motifs is 1. The van der Waals surface area contributed by atoms with Crippen molar-refractivity contribution in [3.8, 4) is 6.07 Å². The van der Waals surface area contributed by atoms with Gasteiger partial charge >= 0.3 is 0 Å². The summed E-state index contributed by atoms with van der Waals surface area (Å²) < 4.78 is 0. The van der Waals surface area contributed by atoms with Gasteiger partial charge in [-0.1, -0.05) is 0 Å². The molecule has 102 valence electrons. The summed E-state index contributed by atoms with van der Waals surface area (Å²) in [5.41, 5.74) is 8.75. The van der Waals surface area contributed by atoms with Crippen molar-refractivity contribution < 1.29 is 4.79 Å². The molecule has 0 atom stereocenters. The summed E-state index contributed by atoms with van der Waals surface area (Å²) in [5, 5.41) is 11.4. The first-order valence-electron chi connectivity index (χ1n) is 6.22. The Balaban J connectivity index is 1.83. The Hall–Kier alpha value is -3.33. The molecule has 0 aliphatic carbocycles. The summed E-state index contributed by atoms with van der Waals surface area (Å²) in [4.78, 5) is 19.3. The van der Waals surface area contributed by atoms with Crippen LogP contribution < -0.4 is 11.1 Å². The number of nitriles is 1. The fraction of sp³-hybridized carbons (Fsp3) is 0. The fourth-order valence-corrected chi connectivity index (χ4v) is 1.96. The predicted octanol–water partition coefficient (Wildman–Crippen LogP) is 2.27. The van der Waals surface area contributed by atoms with Gasteiger partial charge in [-0.25, -0.2) is 4.98 Å². The van der Waals surface area contributed by atoms with Crippen molar-refractivity contribution in [2.45, 2.75) is 0 Å². The number of nitrogen functional groups attached to an aromatic ring is 1. The van der Waals surface area contributed by atoms with E-state index >= 15 is 0 Å². The van der Waals surface area contributed by atoms with E-state index in [1.807, 2.05) is 6.07 Å². The van der Waals surface area contributed by atoms with Crippen molar-refractivity contribution in [3.63, 3.8) is 0 Å². The molecule has 6 nitrogen and oxygen atoms in total. The molecule has 21 heavy (non-hydrogen) atoms. The van der Waals surface area contributed by atoms with Gasteiger partial charge in [0, 0.05) is 11.3 Å². The quantitative estimate of drug-likeness (QED) is 0.624. The number of benzene rings is 2. The number of carbonyl (C=O) groups is 1. The zero-order valence-corrected chi connectivity index (χ0v) is 10.9. The van der Waals surface area contributed by atoms with Crippen molar-refractivity contribution >= 4 is 28.6 Å². The largest absolute Gasteiger partial charge is 0.399 e. The Morgan fingerprint density at radius 2 is 2.00 bits per heavy atom. The first-order valence-corrected chi connectivity index (χ1v) is 6.22. The molecule has 0 aliphatic heterocycles. The van der Waals surface area contributed by atoms with Crippen LogP contribution in [0.1, 0.15) is 15.9 Å². The Morgan fingerprint density at radius 3 is 2.71 bits per heavy atom. The SMILES string of the molecule is N#Cc1ccc(C(=O)Nc2nc3ccc(N)cc3[nH]2)cc1. The molecule has 1 heterocycles. The number of aromatic nitrogens is 2. The van der Waals surface area contributed by atoms with Gasteiger partial charge in [0.05, 0.1) is 22.7 Å². The smallest absolute Gasteiger partial charge is 0.257 e. The molecule has 0 bridgehead atoms. The molecule has 0 saturated heterocycles. The highest BCUT2D eigenvalue weighted by Gasteiger charge is 2.09. The minimum Gasteiger partial charge on any atom is -0.399 e. The Kier molecular flexibility index (Phi) is 3.01. The molecule has 1 amide bonds. The number of nitrogens with two attached hydrogens (primary N) is 1. The molecule has 1 aromatic heterocycles. The van der Waals surface area contributed by atoms with Gasteiger partial charge in [-0.2, -0.15) is 5.26 Å². The molecular weight excluding hydrogens is 266 g/mol. The van der Waals surface area contributed by atoms with Crippen LogP contribution in [0.5, 0.6) is 0 Å². The zero-order valence-electron chi connectivity index (χ0n) is 10.9. The van der Waals surface area contributed by atoms with Crippen molar-refractivity contribution in [2.75, 3.05) is 11.1 Å². The van der Waals surface area contributed by atoms with E-state index in [9.17, 15) is 4.79 Å². The van der Waals surface area contributed by atoms with Crippen LogP contribution in [-0.2, 0) is 0 Å². The van der Waals surface area contributed by atoms with Crippen molar-refractivity contribution in [3.05, 3.63) is 53.6 Å². The van der Waals surface area contributed by atoms with Crippen LogP contribution in [-0.4, -0.2) is 15.9 Å². The monoisotopic (exact) mass is 277 g/mol. The van der Waals surface area contributed by atoms with Gasteiger partial charge < -0.3 is 10.7 Å². The topological polar surface area (TPSA) is 108 Å². The average Bonchev–Trinajstić information content (AvgIpc) is 2.88. The summed E-state index contributed by atoms with van der Waals surface area (Å²) in [6.45, 7) is 0. The maximum Gasteiger partial charge on any atom is 0.257 e. The second-order valence-electron chi connectivity index (χ2n) is 4.51. The number of H-pyrrole nitrogens is 1. The Bertz CT molecular complexity index is 858. The van der Waals surface area contributed by atoms with Crippen LogP contribution in [0, 0.1) is 11.3 Å². The Labute approximate surface area is 120 Å². The second-order valence-corrected chi connectivity index (χ2v) is 4.51. The Morgan fingerprint density at radius 1 is 1.24 bits per heavy atom. The lowest BCUT2D eigenvalue weighted by Gasteiger charge is -2.01. The average molecular weight is 277 g/mol. The number of rotatable bonds is 2. The molecule has 0 radical (unpaired) electrons. The summed E-state index contributed by atoms with van der Waals surface area (Å²) >= 11 is 0. The third kappa shape index (κ3) is 2.53. The van der Waals surface area contributed by atoms with Crippen LogP contribution in [0.25, 0.3) is 11.0 Å². The van der Waals surface area contributed by atoms with E-state index in [4.69, 9.17) is 11.0 Å². The van der Waals surface area contributed by atoms with Gasteiger partial charge in [-0.3, -0.25) is 10.1 Å². The van der Waals surface area contributed by atoms with Gasteiger partial charge in [-0.05, 0) is 42.5 Å². The molecule has 0 spiro atoms. The number of nitrogens with zero attached hydrogens (tertiary/aromatic N) is 2. The van der Waals surface area contributed by atoms with E-state index in [1.165, 1.54) is 0 Å². The summed E-state index contributed by atoms with van der Waals surface area (Å²) in [7, 11) is 0. The van der Waals surface area contributed by atoms with E-state index in [1.54, 1.807) is 42.5 Å². The molecule has 0 unspecified atom stereocenters. The third-order valence-electron chi connectivity index (χ3n) is 3.01. The van der Waals surface area contributed by atoms with Crippen molar-refractivity contribution in [2.24, 2.45) is 0 Å². The van der Waals surface area contributed by atoms with Crippen molar-refractivity contribution in [1.82, 2.24) is 9.97 Å². The minimum atomic E-state index is -0.300. The van der Waals surface area contributed by atoms with Gasteiger partial charge in [0.2, 0.25) is 5.95 Å². The fourth-order valence-electron chi connectivity index (χ4n) is 1.96. The third-order valence-corrected chi connectivity index (χ3v) is 3.01. The highest BCUT2D eigenvalue weighted by Crippen LogP contribution is 2.17. The van der Waals surface area contributed by atoms with E-state index < -0.39 is 0 Å². The van der Waals surface area contributed by atoms with Gasteiger partial charge in [-0.15, -0.1) is 0 Å². The number of hydrogen-bond acceptors (Lipinski definition) is 4. The summed E-state index contributed by atoms with van der Waals surface area (Å²) in [5.74, 6) is 0.0523. The van der Waals surface area contributed by atoms with E-state index in [2.05, 4.69) is 15.3 Å². The van der Waals surface area contributed by atoms with Crippen LogP contribution in [0.2, 0.25) is 0 Å². The second kappa shape index (κ2) is 4.98. The highest BCUT2D eigenvalue weighted by atomic mass is 16.1.